The molecule has 1 atom stereocenters. The van der Waals surface area contributed by atoms with Gasteiger partial charge in [-0.2, -0.15) is 0 Å². The van der Waals surface area contributed by atoms with E-state index in [4.69, 9.17) is 0 Å². The Morgan fingerprint density at radius 2 is 0.735 bits per heavy atom. The number of carboxylic acids is 1. The van der Waals surface area contributed by atoms with E-state index in [0.717, 1.165) is 25.9 Å². The second kappa shape index (κ2) is 27.0. The normalized spacial score (nSPS) is 12.5. The summed E-state index contributed by atoms with van der Waals surface area (Å²) in [6.45, 7) is 8.32. The molecule has 1 N–H and O–H groups in total. The molecule has 0 bridgehead atoms. The average molecular weight is 482 g/mol. The Morgan fingerprint density at radius 1 is 0.500 bits per heavy atom. The van der Waals surface area contributed by atoms with E-state index in [1.807, 2.05) is 6.92 Å². The summed E-state index contributed by atoms with van der Waals surface area (Å²) < 4.78 is 0. The molecule has 0 aromatic heterocycles. The first-order valence-corrected chi connectivity index (χ1v) is 15.6. The molecule has 204 valence electrons. The summed E-state index contributed by atoms with van der Waals surface area (Å²) in [7, 11) is 0. The predicted octanol–water partition coefficient (Wildman–Crippen LogP) is 10.2. The molecule has 0 amide bonds. The number of hydrogen-bond donors (Lipinski definition) is 1. The number of carboxylic acid groups (broad SMARTS) is 1. The van der Waals surface area contributed by atoms with Crippen molar-refractivity contribution < 1.29 is 9.90 Å². The lowest BCUT2D eigenvalue weighted by Crippen LogP contribution is -2.40. The van der Waals surface area contributed by atoms with Gasteiger partial charge in [0.15, 0.2) is 0 Å². The number of aliphatic carboxylic acids is 1. The van der Waals surface area contributed by atoms with Crippen molar-refractivity contribution in [2.24, 2.45) is 0 Å². The van der Waals surface area contributed by atoms with Crippen LogP contribution in [0.1, 0.15) is 175 Å². The first-order valence-electron chi connectivity index (χ1n) is 15.6. The fourth-order valence-corrected chi connectivity index (χ4v) is 4.97. The lowest BCUT2D eigenvalue weighted by Gasteiger charge is -2.26. The minimum Gasteiger partial charge on any atom is -0.480 e. The van der Waals surface area contributed by atoms with Crippen molar-refractivity contribution in [3.63, 3.8) is 0 Å². The van der Waals surface area contributed by atoms with Gasteiger partial charge in [-0.1, -0.05) is 155 Å². The average Bonchev–Trinajstić information content (AvgIpc) is 2.83. The van der Waals surface area contributed by atoms with E-state index < -0.39 is 5.97 Å². The second-order valence-corrected chi connectivity index (χ2v) is 10.8. The molecule has 3 nitrogen and oxygen atoms in total. The number of hydrogen-bond acceptors (Lipinski definition) is 2. The van der Waals surface area contributed by atoms with E-state index in [1.165, 1.54) is 141 Å². The van der Waals surface area contributed by atoms with Crippen LogP contribution in [-0.4, -0.2) is 35.1 Å². The number of rotatable bonds is 28. The third kappa shape index (κ3) is 23.2. The highest BCUT2D eigenvalue weighted by molar-refractivity contribution is 5.72. The molecule has 0 aliphatic heterocycles. The molecule has 0 saturated heterocycles. The first kappa shape index (κ1) is 33.4. The Bertz CT molecular complexity index is 384. The first-order chi connectivity index (χ1) is 16.6. The minimum atomic E-state index is -0.669. The van der Waals surface area contributed by atoms with Gasteiger partial charge in [-0.25, -0.2) is 0 Å². The van der Waals surface area contributed by atoms with Crippen molar-refractivity contribution in [3.05, 3.63) is 0 Å². The maximum absolute atomic E-state index is 11.5. The molecule has 0 aliphatic carbocycles. The maximum atomic E-state index is 11.5. The van der Waals surface area contributed by atoms with Gasteiger partial charge in [0.05, 0.1) is 0 Å². The third-order valence-electron chi connectivity index (χ3n) is 7.50. The summed E-state index contributed by atoms with van der Waals surface area (Å²) in [6, 6.07) is -0.347. The van der Waals surface area contributed by atoms with Crippen LogP contribution in [0.15, 0.2) is 0 Å². The molecule has 0 aromatic carbocycles. The quantitative estimate of drug-likeness (QED) is 0.113. The molecule has 0 saturated carbocycles. The van der Waals surface area contributed by atoms with E-state index in [2.05, 4.69) is 18.7 Å². The van der Waals surface area contributed by atoms with Gasteiger partial charge in [-0.05, 0) is 32.9 Å². The molecule has 0 aliphatic rings. The van der Waals surface area contributed by atoms with Crippen LogP contribution in [0.4, 0.5) is 0 Å². The Hall–Kier alpha value is -0.570. The molecule has 1 unspecified atom stereocenters. The Labute approximate surface area is 214 Å². The van der Waals surface area contributed by atoms with Gasteiger partial charge in [0.25, 0.3) is 0 Å². The molecule has 0 fully saturated rings. The van der Waals surface area contributed by atoms with Crippen LogP contribution in [0.3, 0.4) is 0 Å². The van der Waals surface area contributed by atoms with Crippen molar-refractivity contribution in [3.8, 4) is 0 Å². The van der Waals surface area contributed by atoms with E-state index in [1.54, 1.807) is 0 Å². The topological polar surface area (TPSA) is 40.5 Å². The van der Waals surface area contributed by atoms with Crippen LogP contribution in [0, 0.1) is 0 Å². The summed E-state index contributed by atoms with van der Waals surface area (Å²) >= 11 is 0. The molecule has 34 heavy (non-hydrogen) atoms. The minimum absolute atomic E-state index is 0.347. The Kier molecular flexibility index (Phi) is 26.6. The highest BCUT2D eigenvalue weighted by atomic mass is 16.4. The summed E-state index contributed by atoms with van der Waals surface area (Å²) in [5, 5.41) is 9.49. The molecular weight excluding hydrogens is 418 g/mol. The SMILES string of the molecule is CCCCCCCCCCCCCCN(CCCCCCCCCCCCCC)C(C)C(=O)O. The van der Waals surface area contributed by atoms with Gasteiger partial charge in [-0.15, -0.1) is 0 Å². The molecule has 0 spiro atoms. The van der Waals surface area contributed by atoms with Crippen LogP contribution in [0.5, 0.6) is 0 Å². The standard InChI is InChI=1S/C31H63NO2/c1-4-6-8-10-12-14-16-18-20-22-24-26-28-32(30(3)31(33)34)29-27-25-23-21-19-17-15-13-11-9-7-5-2/h30H,4-29H2,1-3H3,(H,33,34). The molecule has 0 heterocycles. The Morgan fingerprint density at radius 3 is 0.971 bits per heavy atom. The third-order valence-corrected chi connectivity index (χ3v) is 7.50. The van der Waals surface area contributed by atoms with Crippen molar-refractivity contribution in [1.82, 2.24) is 4.90 Å². The lowest BCUT2D eigenvalue weighted by atomic mass is 10.0. The van der Waals surface area contributed by atoms with Gasteiger partial charge in [0.1, 0.15) is 6.04 Å². The molecule has 0 rings (SSSR count). The fourth-order valence-electron chi connectivity index (χ4n) is 4.97. The van der Waals surface area contributed by atoms with Crippen LogP contribution in [-0.2, 0) is 4.79 Å². The summed E-state index contributed by atoms with van der Waals surface area (Å²) in [5.74, 6) is -0.669. The van der Waals surface area contributed by atoms with Crippen LogP contribution >= 0.6 is 0 Å². The van der Waals surface area contributed by atoms with Crippen molar-refractivity contribution in [1.29, 1.82) is 0 Å². The van der Waals surface area contributed by atoms with Gasteiger partial charge in [-0.3, -0.25) is 9.69 Å². The summed E-state index contributed by atoms with van der Waals surface area (Å²) in [6.07, 6.45) is 32.5. The van der Waals surface area contributed by atoms with Gasteiger partial charge in [0.2, 0.25) is 0 Å². The zero-order valence-corrected chi connectivity index (χ0v) is 23.8. The largest absolute Gasteiger partial charge is 0.480 e. The van der Waals surface area contributed by atoms with Crippen molar-refractivity contribution in [2.75, 3.05) is 13.1 Å². The van der Waals surface area contributed by atoms with Crippen molar-refractivity contribution >= 4 is 5.97 Å². The number of unbranched alkanes of at least 4 members (excludes halogenated alkanes) is 22. The van der Waals surface area contributed by atoms with E-state index in [0.29, 0.717) is 0 Å². The number of nitrogens with zero attached hydrogens (tertiary/aromatic N) is 1. The second-order valence-electron chi connectivity index (χ2n) is 10.8. The van der Waals surface area contributed by atoms with Crippen LogP contribution in [0.2, 0.25) is 0 Å². The molecule has 0 aromatic rings. The zero-order valence-electron chi connectivity index (χ0n) is 23.8. The fraction of sp³-hybridized carbons (Fsp3) is 0.968. The van der Waals surface area contributed by atoms with Crippen molar-refractivity contribution in [2.45, 2.75) is 181 Å². The molecule has 3 heteroatoms. The zero-order chi connectivity index (χ0) is 25.1. The summed E-state index contributed by atoms with van der Waals surface area (Å²) in [4.78, 5) is 13.8. The maximum Gasteiger partial charge on any atom is 0.320 e. The predicted molar refractivity (Wildman–Crippen MR) is 151 cm³/mol. The monoisotopic (exact) mass is 481 g/mol. The van der Waals surface area contributed by atoms with Crippen LogP contribution in [0.25, 0.3) is 0 Å². The van der Waals surface area contributed by atoms with Crippen LogP contribution < -0.4 is 0 Å². The highest BCUT2D eigenvalue weighted by Gasteiger charge is 2.19. The smallest absolute Gasteiger partial charge is 0.320 e. The summed E-state index contributed by atoms with van der Waals surface area (Å²) in [5.41, 5.74) is 0. The van der Waals surface area contributed by atoms with E-state index >= 15 is 0 Å². The number of carbonyl (C=O) groups is 1. The van der Waals surface area contributed by atoms with Gasteiger partial charge < -0.3 is 5.11 Å². The molecular formula is C31H63NO2. The molecule has 0 radical (unpaired) electrons. The van der Waals surface area contributed by atoms with Gasteiger partial charge >= 0.3 is 5.97 Å². The van der Waals surface area contributed by atoms with E-state index in [9.17, 15) is 9.90 Å². The van der Waals surface area contributed by atoms with Gasteiger partial charge in [0, 0.05) is 0 Å². The lowest BCUT2D eigenvalue weighted by molar-refractivity contribution is -0.142. The highest BCUT2D eigenvalue weighted by Crippen LogP contribution is 2.15. The van der Waals surface area contributed by atoms with E-state index in [-0.39, 0.29) is 6.04 Å². The Balaban J connectivity index is 3.68.